The molecule has 2 N–H and O–H groups in total. The SMILES string of the molecule is CCCCOc1nc(N)n2ncc(Cc3ccc(CN4CCCC4)cc3)c2n1. The van der Waals surface area contributed by atoms with E-state index in [4.69, 9.17) is 10.5 Å². The molecule has 1 fully saturated rings. The van der Waals surface area contributed by atoms with E-state index < -0.39 is 0 Å². The van der Waals surface area contributed by atoms with Gasteiger partial charge in [0.2, 0.25) is 5.95 Å². The number of benzene rings is 1. The molecule has 2 aromatic heterocycles. The molecule has 0 spiro atoms. The highest BCUT2D eigenvalue weighted by molar-refractivity contribution is 5.52. The van der Waals surface area contributed by atoms with E-state index in [0.717, 1.165) is 31.4 Å². The molecule has 7 nitrogen and oxygen atoms in total. The van der Waals surface area contributed by atoms with Crippen LogP contribution < -0.4 is 10.5 Å². The van der Waals surface area contributed by atoms with E-state index in [1.54, 1.807) is 4.52 Å². The summed E-state index contributed by atoms with van der Waals surface area (Å²) in [6.45, 7) is 6.18. The Balaban J connectivity index is 1.49. The molecule has 0 unspecified atom stereocenters. The van der Waals surface area contributed by atoms with Crippen molar-refractivity contribution >= 4 is 11.6 Å². The molecule has 0 atom stereocenters. The average molecular weight is 380 g/mol. The van der Waals surface area contributed by atoms with Crippen LogP contribution in [0.2, 0.25) is 0 Å². The van der Waals surface area contributed by atoms with Gasteiger partial charge in [0, 0.05) is 18.5 Å². The molecular formula is C21H28N6O. The van der Waals surface area contributed by atoms with Crippen molar-refractivity contribution < 1.29 is 4.74 Å². The summed E-state index contributed by atoms with van der Waals surface area (Å²) in [6.07, 6.45) is 7.23. The number of aromatic nitrogens is 4. The number of hydrogen-bond acceptors (Lipinski definition) is 6. The van der Waals surface area contributed by atoms with Gasteiger partial charge in [-0.05, 0) is 43.5 Å². The van der Waals surface area contributed by atoms with E-state index in [0.29, 0.717) is 24.2 Å². The highest BCUT2D eigenvalue weighted by atomic mass is 16.5. The van der Waals surface area contributed by atoms with Crippen LogP contribution in [-0.4, -0.2) is 44.2 Å². The van der Waals surface area contributed by atoms with Crippen molar-refractivity contribution in [3.8, 4) is 6.01 Å². The van der Waals surface area contributed by atoms with E-state index >= 15 is 0 Å². The van der Waals surface area contributed by atoms with Crippen molar-refractivity contribution in [2.24, 2.45) is 0 Å². The van der Waals surface area contributed by atoms with Crippen LogP contribution in [0.25, 0.3) is 5.65 Å². The van der Waals surface area contributed by atoms with Gasteiger partial charge in [0.05, 0.1) is 12.8 Å². The van der Waals surface area contributed by atoms with Crippen LogP contribution in [0.15, 0.2) is 30.5 Å². The summed E-state index contributed by atoms with van der Waals surface area (Å²) < 4.78 is 7.21. The van der Waals surface area contributed by atoms with Gasteiger partial charge in [-0.15, -0.1) is 0 Å². The summed E-state index contributed by atoms with van der Waals surface area (Å²) in [6, 6.07) is 9.15. The zero-order valence-corrected chi connectivity index (χ0v) is 16.5. The number of ether oxygens (including phenoxy) is 1. The number of unbranched alkanes of at least 4 members (excludes halogenated alkanes) is 1. The summed E-state index contributed by atoms with van der Waals surface area (Å²) >= 11 is 0. The van der Waals surface area contributed by atoms with Crippen LogP contribution in [0.4, 0.5) is 5.95 Å². The first-order valence-electron chi connectivity index (χ1n) is 10.2. The lowest BCUT2D eigenvalue weighted by molar-refractivity contribution is 0.285. The van der Waals surface area contributed by atoms with E-state index in [-0.39, 0.29) is 0 Å². The van der Waals surface area contributed by atoms with Gasteiger partial charge in [-0.3, -0.25) is 4.90 Å². The molecule has 1 aliphatic rings. The van der Waals surface area contributed by atoms with Crippen LogP contribution in [0.1, 0.15) is 49.3 Å². The minimum atomic E-state index is 0.295. The minimum absolute atomic E-state index is 0.295. The molecule has 1 aliphatic heterocycles. The van der Waals surface area contributed by atoms with Crippen molar-refractivity contribution in [1.82, 2.24) is 24.5 Å². The molecule has 0 amide bonds. The third-order valence-electron chi connectivity index (χ3n) is 5.20. The van der Waals surface area contributed by atoms with Gasteiger partial charge < -0.3 is 10.5 Å². The number of nitrogens with zero attached hydrogens (tertiary/aromatic N) is 5. The second-order valence-electron chi connectivity index (χ2n) is 7.45. The third-order valence-corrected chi connectivity index (χ3v) is 5.20. The molecular weight excluding hydrogens is 352 g/mol. The zero-order chi connectivity index (χ0) is 19.3. The van der Waals surface area contributed by atoms with Crippen molar-refractivity contribution in [2.45, 2.75) is 45.6 Å². The lowest BCUT2D eigenvalue weighted by Crippen LogP contribution is -2.18. The number of anilines is 1. The number of rotatable bonds is 8. The average Bonchev–Trinajstić information content (AvgIpc) is 3.34. The van der Waals surface area contributed by atoms with Crippen LogP contribution in [0, 0.1) is 0 Å². The molecule has 0 aliphatic carbocycles. The number of nitrogens with two attached hydrogens (primary N) is 1. The second kappa shape index (κ2) is 8.56. The number of hydrogen-bond donors (Lipinski definition) is 1. The van der Waals surface area contributed by atoms with Crippen molar-refractivity contribution in [3.05, 3.63) is 47.2 Å². The topological polar surface area (TPSA) is 81.6 Å². The normalized spacial score (nSPS) is 14.8. The summed E-state index contributed by atoms with van der Waals surface area (Å²) in [5.74, 6) is 0.295. The lowest BCUT2D eigenvalue weighted by Gasteiger charge is -2.14. The minimum Gasteiger partial charge on any atom is -0.463 e. The van der Waals surface area contributed by atoms with Gasteiger partial charge in [0.1, 0.15) is 0 Å². The first-order chi connectivity index (χ1) is 13.7. The maximum absolute atomic E-state index is 6.03. The summed E-state index contributed by atoms with van der Waals surface area (Å²) in [7, 11) is 0. The van der Waals surface area contributed by atoms with E-state index in [9.17, 15) is 0 Å². The Morgan fingerprint density at radius 1 is 1.07 bits per heavy atom. The Bertz CT molecular complexity index is 915. The Morgan fingerprint density at radius 3 is 2.57 bits per heavy atom. The largest absolute Gasteiger partial charge is 0.463 e. The zero-order valence-electron chi connectivity index (χ0n) is 16.5. The molecule has 1 saturated heterocycles. The standard InChI is InChI=1S/C21H28N6O/c1-2-3-12-28-21-24-19-18(14-23-27(19)20(22)25-21)13-16-6-8-17(9-7-16)15-26-10-4-5-11-26/h6-9,14H,2-5,10-13,15H2,1H3,(H2,22,24,25). The number of fused-ring (bicyclic) bond motifs is 1. The third kappa shape index (κ3) is 4.25. The van der Waals surface area contributed by atoms with Crippen molar-refractivity contribution in [2.75, 3.05) is 25.4 Å². The number of nitrogen functional groups attached to an aromatic ring is 1. The Labute approximate surface area is 165 Å². The molecule has 3 heterocycles. The lowest BCUT2D eigenvalue weighted by atomic mass is 10.1. The van der Waals surface area contributed by atoms with Crippen molar-refractivity contribution in [1.29, 1.82) is 0 Å². The Hall–Kier alpha value is -2.67. The number of likely N-dealkylation sites (tertiary alicyclic amines) is 1. The molecule has 7 heteroatoms. The quantitative estimate of drug-likeness (QED) is 0.605. The molecule has 4 rings (SSSR count). The molecule has 0 radical (unpaired) electrons. The summed E-state index contributed by atoms with van der Waals surface area (Å²) in [4.78, 5) is 11.2. The van der Waals surface area contributed by atoms with Crippen LogP contribution in [0.5, 0.6) is 6.01 Å². The monoisotopic (exact) mass is 380 g/mol. The predicted molar refractivity (Wildman–Crippen MR) is 109 cm³/mol. The van der Waals surface area contributed by atoms with Gasteiger partial charge in [-0.1, -0.05) is 37.6 Å². The van der Waals surface area contributed by atoms with Gasteiger partial charge in [0.15, 0.2) is 5.65 Å². The molecule has 1 aromatic carbocycles. The van der Waals surface area contributed by atoms with Crippen LogP contribution >= 0.6 is 0 Å². The highest BCUT2D eigenvalue weighted by Crippen LogP contribution is 2.19. The maximum Gasteiger partial charge on any atom is 0.321 e. The van der Waals surface area contributed by atoms with E-state index in [1.165, 1.54) is 37.1 Å². The molecule has 0 saturated carbocycles. The molecule has 28 heavy (non-hydrogen) atoms. The van der Waals surface area contributed by atoms with Gasteiger partial charge in [-0.25, -0.2) is 0 Å². The smallest absolute Gasteiger partial charge is 0.321 e. The fraction of sp³-hybridized carbons (Fsp3) is 0.476. The van der Waals surface area contributed by atoms with Gasteiger partial charge in [0.25, 0.3) is 0 Å². The fourth-order valence-electron chi connectivity index (χ4n) is 3.60. The summed E-state index contributed by atoms with van der Waals surface area (Å²) in [5.41, 5.74) is 10.3. The second-order valence-corrected chi connectivity index (χ2v) is 7.45. The fourth-order valence-corrected chi connectivity index (χ4v) is 3.60. The first kappa shape index (κ1) is 18.7. The van der Waals surface area contributed by atoms with Crippen LogP contribution in [-0.2, 0) is 13.0 Å². The Kier molecular flexibility index (Phi) is 5.71. The predicted octanol–water partition coefficient (Wildman–Crippen LogP) is 3.07. The highest BCUT2D eigenvalue weighted by Gasteiger charge is 2.14. The van der Waals surface area contributed by atoms with Crippen LogP contribution in [0.3, 0.4) is 0 Å². The molecule has 148 valence electrons. The molecule has 0 bridgehead atoms. The summed E-state index contributed by atoms with van der Waals surface area (Å²) in [5, 5.41) is 4.34. The maximum atomic E-state index is 6.03. The van der Waals surface area contributed by atoms with Gasteiger partial charge >= 0.3 is 6.01 Å². The molecule has 3 aromatic rings. The van der Waals surface area contributed by atoms with Crippen molar-refractivity contribution in [3.63, 3.8) is 0 Å². The Morgan fingerprint density at radius 2 is 1.82 bits per heavy atom. The van der Waals surface area contributed by atoms with Gasteiger partial charge in [-0.2, -0.15) is 19.6 Å². The van der Waals surface area contributed by atoms with E-state index in [2.05, 4.69) is 51.2 Å². The first-order valence-corrected chi connectivity index (χ1v) is 10.2. The van der Waals surface area contributed by atoms with E-state index in [1.807, 2.05) is 6.20 Å².